The van der Waals surface area contributed by atoms with E-state index >= 15 is 0 Å². The molecule has 0 heterocycles. The summed E-state index contributed by atoms with van der Waals surface area (Å²) >= 11 is 11.3. The van der Waals surface area contributed by atoms with Gasteiger partial charge in [-0.25, -0.2) is 8.78 Å². The molecule has 19 heavy (non-hydrogen) atoms. The van der Waals surface area contributed by atoms with Crippen LogP contribution in [0.25, 0.3) is 0 Å². The van der Waals surface area contributed by atoms with E-state index in [0.29, 0.717) is 0 Å². The van der Waals surface area contributed by atoms with Crippen molar-refractivity contribution in [1.29, 1.82) is 0 Å². The summed E-state index contributed by atoms with van der Waals surface area (Å²) in [5.74, 6) is -1.30. The topological polar surface area (TPSA) is 20.2 Å². The molecular weight excluding hydrogens is 293 g/mol. The maximum atomic E-state index is 13.7. The van der Waals surface area contributed by atoms with E-state index in [2.05, 4.69) is 0 Å². The van der Waals surface area contributed by atoms with Gasteiger partial charge in [0, 0.05) is 12.0 Å². The lowest BCUT2D eigenvalue weighted by atomic mass is 10.0. The minimum atomic E-state index is -1.19. The van der Waals surface area contributed by atoms with E-state index in [4.69, 9.17) is 23.2 Å². The maximum absolute atomic E-state index is 13.7. The second-order valence-corrected chi connectivity index (χ2v) is 4.89. The zero-order chi connectivity index (χ0) is 14.0. The predicted molar refractivity (Wildman–Crippen MR) is 71.5 cm³/mol. The second kappa shape index (κ2) is 5.87. The molecule has 0 radical (unpaired) electrons. The molecule has 0 saturated heterocycles. The largest absolute Gasteiger partial charge is 0.388 e. The summed E-state index contributed by atoms with van der Waals surface area (Å²) in [6.45, 7) is 0. The lowest BCUT2D eigenvalue weighted by Crippen LogP contribution is -2.06. The maximum Gasteiger partial charge on any atom is 0.147 e. The van der Waals surface area contributed by atoms with Crippen molar-refractivity contribution in [2.45, 2.75) is 12.5 Å². The first-order valence-electron chi connectivity index (χ1n) is 5.55. The Hall–Kier alpha value is -1.16. The van der Waals surface area contributed by atoms with Crippen molar-refractivity contribution in [2.75, 3.05) is 0 Å². The van der Waals surface area contributed by atoms with Crippen LogP contribution in [0.3, 0.4) is 0 Å². The molecule has 0 fully saturated rings. The number of aliphatic hydroxyl groups excluding tert-OH is 1. The van der Waals surface area contributed by atoms with Crippen molar-refractivity contribution in [3.05, 3.63) is 69.2 Å². The molecule has 1 unspecified atom stereocenters. The first kappa shape index (κ1) is 14.3. The quantitative estimate of drug-likeness (QED) is 0.882. The fourth-order valence-electron chi connectivity index (χ4n) is 1.80. The summed E-state index contributed by atoms with van der Waals surface area (Å²) in [5.41, 5.74) is 0.256. The zero-order valence-corrected chi connectivity index (χ0v) is 11.2. The predicted octanol–water partition coefficient (Wildman–Crippen LogP) is 4.55. The van der Waals surface area contributed by atoms with Crippen molar-refractivity contribution in [3.63, 3.8) is 0 Å². The lowest BCUT2D eigenvalue weighted by molar-refractivity contribution is 0.172. The molecule has 0 amide bonds. The molecule has 100 valence electrons. The smallest absolute Gasteiger partial charge is 0.147 e. The molecule has 2 rings (SSSR count). The minimum absolute atomic E-state index is 0.0312. The Morgan fingerprint density at radius 1 is 0.947 bits per heavy atom. The Labute approximate surface area is 119 Å². The summed E-state index contributed by atoms with van der Waals surface area (Å²) in [6.07, 6.45) is -1.27. The van der Waals surface area contributed by atoms with E-state index in [0.717, 1.165) is 0 Å². The van der Waals surface area contributed by atoms with E-state index in [9.17, 15) is 13.9 Å². The van der Waals surface area contributed by atoms with Gasteiger partial charge in [0.05, 0.1) is 16.1 Å². The van der Waals surface area contributed by atoms with Crippen LogP contribution in [-0.2, 0) is 6.42 Å². The highest BCUT2D eigenvalue weighted by atomic mass is 35.5. The van der Waals surface area contributed by atoms with Gasteiger partial charge in [-0.05, 0) is 17.7 Å². The molecule has 2 aromatic rings. The second-order valence-electron chi connectivity index (χ2n) is 4.08. The van der Waals surface area contributed by atoms with Crippen molar-refractivity contribution in [2.24, 2.45) is 0 Å². The average molecular weight is 303 g/mol. The number of benzene rings is 2. The Morgan fingerprint density at radius 2 is 1.53 bits per heavy atom. The summed E-state index contributed by atoms with van der Waals surface area (Å²) in [5, 5.41) is 9.87. The average Bonchev–Trinajstić information content (AvgIpc) is 2.38. The van der Waals surface area contributed by atoms with E-state index in [1.54, 1.807) is 6.07 Å². The monoisotopic (exact) mass is 302 g/mol. The first-order valence-corrected chi connectivity index (χ1v) is 6.31. The fraction of sp³-hybridized carbons (Fsp3) is 0.143. The fourth-order valence-corrected chi connectivity index (χ4v) is 2.18. The van der Waals surface area contributed by atoms with Crippen LogP contribution in [0.4, 0.5) is 8.78 Å². The molecule has 0 saturated carbocycles. The Bertz CT molecular complexity index is 602. The Kier molecular flexibility index (Phi) is 4.40. The highest BCUT2D eigenvalue weighted by Gasteiger charge is 2.17. The van der Waals surface area contributed by atoms with Crippen LogP contribution in [-0.4, -0.2) is 5.11 Å². The lowest BCUT2D eigenvalue weighted by Gasteiger charge is -2.13. The molecule has 1 nitrogen and oxygen atoms in total. The number of hydrogen-bond acceptors (Lipinski definition) is 1. The Morgan fingerprint density at radius 3 is 2.21 bits per heavy atom. The number of aliphatic hydroxyl groups is 1. The highest BCUT2D eigenvalue weighted by Crippen LogP contribution is 2.27. The van der Waals surface area contributed by atoms with Crippen molar-refractivity contribution in [1.82, 2.24) is 0 Å². The van der Waals surface area contributed by atoms with Gasteiger partial charge >= 0.3 is 0 Å². The van der Waals surface area contributed by atoms with Gasteiger partial charge in [0.1, 0.15) is 11.6 Å². The standard InChI is InChI=1S/C14H10Cl2F2O/c15-10-5-1-3-8(13(10)17)7-12(19)9-4-2-6-11(16)14(9)18/h1-6,12,19H,7H2. The number of hydrogen-bond donors (Lipinski definition) is 1. The van der Waals surface area contributed by atoms with Crippen molar-refractivity contribution >= 4 is 23.2 Å². The SMILES string of the molecule is OC(Cc1cccc(Cl)c1F)c1cccc(Cl)c1F. The first-order chi connectivity index (χ1) is 9.00. The van der Waals surface area contributed by atoms with Gasteiger partial charge < -0.3 is 5.11 Å². The van der Waals surface area contributed by atoms with E-state index in [-0.39, 0.29) is 27.6 Å². The molecule has 2 aromatic carbocycles. The summed E-state index contributed by atoms with van der Waals surface area (Å²) < 4.78 is 27.4. The molecule has 1 atom stereocenters. The van der Waals surface area contributed by atoms with Gasteiger partial charge in [-0.1, -0.05) is 47.5 Å². The van der Waals surface area contributed by atoms with Gasteiger partial charge in [0.25, 0.3) is 0 Å². The summed E-state index contributed by atoms with van der Waals surface area (Å²) in [6, 6.07) is 8.79. The van der Waals surface area contributed by atoms with Gasteiger partial charge in [-0.3, -0.25) is 0 Å². The third-order valence-corrected chi connectivity index (χ3v) is 3.37. The summed E-state index contributed by atoms with van der Waals surface area (Å²) in [4.78, 5) is 0. The molecule has 5 heteroatoms. The van der Waals surface area contributed by atoms with Gasteiger partial charge in [0.15, 0.2) is 0 Å². The van der Waals surface area contributed by atoms with Crippen molar-refractivity contribution < 1.29 is 13.9 Å². The van der Waals surface area contributed by atoms with Crippen LogP contribution in [0.1, 0.15) is 17.2 Å². The van der Waals surface area contributed by atoms with E-state index < -0.39 is 17.7 Å². The van der Waals surface area contributed by atoms with Gasteiger partial charge in [-0.2, -0.15) is 0 Å². The van der Waals surface area contributed by atoms with Crippen molar-refractivity contribution in [3.8, 4) is 0 Å². The molecule has 0 aliphatic carbocycles. The van der Waals surface area contributed by atoms with Gasteiger partial charge in [-0.15, -0.1) is 0 Å². The molecule has 0 aliphatic rings. The third-order valence-electron chi connectivity index (χ3n) is 2.79. The van der Waals surface area contributed by atoms with Crippen LogP contribution in [0.5, 0.6) is 0 Å². The van der Waals surface area contributed by atoms with Crippen LogP contribution in [0, 0.1) is 11.6 Å². The third kappa shape index (κ3) is 3.06. The summed E-state index contributed by atoms with van der Waals surface area (Å²) in [7, 11) is 0. The van der Waals surface area contributed by atoms with Crippen LogP contribution >= 0.6 is 23.2 Å². The van der Waals surface area contributed by atoms with E-state index in [1.165, 1.54) is 30.3 Å². The molecule has 0 bridgehead atoms. The van der Waals surface area contributed by atoms with Crippen LogP contribution < -0.4 is 0 Å². The van der Waals surface area contributed by atoms with Crippen LogP contribution in [0.15, 0.2) is 36.4 Å². The highest BCUT2D eigenvalue weighted by molar-refractivity contribution is 6.31. The molecule has 0 spiro atoms. The molecule has 0 aromatic heterocycles. The van der Waals surface area contributed by atoms with E-state index in [1.807, 2.05) is 0 Å². The molecular formula is C14H10Cl2F2O. The Balaban J connectivity index is 2.28. The van der Waals surface area contributed by atoms with Gasteiger partial charge in [0.2, 0.25) is 0 Å². The minimum Gasteiger partial charge on any atom is -0.388 e. The normalized spacial score (nSPS) is 12.5. The number of rotatable bonds is 3. The number of halogens is 4. The zero-order valence-electron chi connectivity index (χ0n) is 9.71. The molecule has 1 N–H and O–H groups in total. The molecule has 0 aliphatic heterocycles. The van der Waals surface area contributed by atoms with Crippen LogP contribution in [0.2, 0.25) is 10.0 Å².